The molecular weight excluding hydrogens is 166 g/mol. The van der Waals surface area contributed by atoms with Gasteiger partial charge in [0, 0.05) is 11.6 Å². The second kappa shape index (κ2) is 3.32. The van der Waals surface area contributed by atoms with Crippen LogP contribution in [-0.4, -0.2) is 11.9 Å². The lowest BCUT2D eigenvalue weighted by Gasteiger charge is -2.21. The SMILES string of the molecule is N=C1OC(=O)C=C1C1CCCCC1. The van der Waals surface area contributed by atoms with Crippen LogP contribution in [0.15, 0.2) is 11.6 Å². The number of carbonyl (C=O) groups excluding carboxylic acids is 1. The largest absolute Gasteiger partial charge is 0.405 e. The molecule has 3 nitrogen and oxygen atoms in total. The molecule has 0 aromatic carbocycles. The fourth-order valence-corrected chi connectivity index (χ4v) is 2.10. The third-order valence-corrected chi connectivity index (χ3v) is 2.78. The lowest BCUT2D eigenvalue weighted by molar-refractivity contribution is -0.129. The van der Waals surface area contributed by atoms with Crippen molar-refractivity contribution in [2.45, 2.75) is 32.1 Å². The van der Waals surface area contributed by atoms with Crippen LogP contribution in [0.3, 0.4) is 0 Å². The maximum Gasteiger partial charge on any atom is 0.337 e. The number of nitrogens with one attached hydrogen (secondary N) is 1. The molecule has 0 saturated heterocycles. The van der Waals surface area contributed by atoms with Crippen molar-refractivity contribution >= 4 is 11.9 Å². The van der Waals surface area contributed by atoms with Gasteiger partial charge in [0.25, 0.3) is 0 Å². The molecule has 1 aliphatic heterocycles. The standard InChI is InChI=1S/C10H13NO2/c11-10-8(6-9(12)13-10)7-4-2-1-3-5-7/h6-7,11H,1-5H2. The van der Waals surface area contributed by atoms with Gasteiger partial charge < -0.3 is 4.74 Å². The van der Waals surface area contributed by atoms with Crippen molar-refractivity contribution < 1.29 is 9.53 Å². The molecule has 0 spiro atoms. The number of esters is 1. The fraction of sp³-hybridized carbons (Fsp3) is 0.600. The Balaban J connectivity index is 2.10. The minimum atomic E-state index is -0.370. The minimum Gasteiger partial charge on any atom is -0.405 e. The van der Waals surface area contributed by atoms with Crippen molar-refractivity contribution in [1.29, 1.82) is 5.41 Å². The zero-order valence-electron chi connectivity index (χ0n) is 7.51. The van der Waals surface area contributed by atoms with Crippen LogP contribution in [0, 0.1) is 11.3 Å². The second-order valence-corrected chi connectivity index (χ2v) is 3.68. The third-order valence-electron chi connectivity index (χ3n) is 2.78. The predicted molar refractivity (Wildman–Crippen MR) is 48.5 cm³/mol. The van der Waals surface area contributed by atoms with Crippen LogP contribution in [0.4, 0.5) is 0 Å². The molecule has 13 heavy (non-hydrogen) atoms. The van der Waals surface area contributed by atoms with E-state index in [0.29, 0.717) is 5.92 Å². The van der Waals surface area contributed by atoms with E-state index in [9.17, 15) is 4.79 Å². The van der Waals surface area contributed by atoms with Gasteiger partial charge in [-0.3, -0.25) is 5.41 Å². The van der Waals surface area contributed by atoms with Crippen LogP contribution in [0.25, 0.3) is 0 Å². The van der Waals surface area contributed by atoms with Gasteiger partial charge in [0.1, 0.15) is 0 Å². The summed E-state index contributed by atoms with van der Waals surface area (Å²) in [5, 5.41) is 7.46. The Labute approximate surface area is 77.3 Å². The fourth-order valence-electron chi connectivity index (χ4n) is 2.10. The number of ether oxygens (including phenoxy) is 1. The molecule has 0 aromatic rings. The topological polar surface area (TPSA) is 50.1 Å². The quantitative estimate of drug-likeness (QED) is 0.626. The average molecular weight is 179 g/mol. The van der Waals surface area contributed by atoms with Gasteiger partial charge in [0.15, 0.2) is 0 Å². The minimum absolute atomic E-state index is 0.0805. The summed E-state index contributed by atoms with van der Waals surface area (Å²) < 4.78 is 4.68. The molecule has 1 fully saturated rings. The smallest absolute Gasteiger partial charge is 0.337 e. The van der Waals surface area contributed by atoms with Crippen molar-refractivity contribution in [3.63, 3.8) is 0 Å². The lowest BCUT2D eigenvalue weighted by atomic mass is 9.84. The van der Waals surface area contributed by atoms with E-state index < -0.39 is 0 Å². The maximum absolute atomic E-state index is 10.9. The summed E-state index contributed by atoms with van der Waals surface area (Å²) in [6, 6.07) is 0. The lowest BCUT2D eigenvalue weighted by Crippen LogP contribution is -2.13. The Morgan fingerprint density at radius 3 is 2.54 bits per heavy atom. The summed E-state index contributed by atoms with van der Waals surface area (Å²) >= 11 is 0. The van der Waals surface area contributed by atoms with Gasteiger partial charge in [0.05, 0.1) is 0 Å². The van der Waals surface area contributed by atoms with E-state index in [1.54, 1.807) is 0 Å². The number of cyclic esters (lactones) is 1. The van der Waals surface area contributed by atoms with E-state index in [2.05, 4.69) is 4.74 Å². The van der Waals surface area contributed by atoms with Crippen molar-refractivity contribution in [2.75, 3.05) is 0 Å². The van der Waals surface area contributed by atoms with Gasteiger partial charge in [-0.15, -0.1) is 0 Å². The molecule has 0 atom stereocenters. The Hall–Kier alpha value is -1.12. The first-order valence-corrected chi connectivity index (χ1v) is 4.79. The Morgan fingerprint density at radius 2 is 2.00 bits per heavy atom. The molecular formula is C10H13NO2. The van der Waals surface area contributed by atoms with Gasteiger partial charge >= 0.3 is 5.97 Å². The maximum atomic E-state index is 10.9. The van der Waals surface area contributed by atoms with Crippen LogP contribution in [0.1, 0.15) is 32.1 Å². The molecule has 1 saturated carbocycles. The number of rotatable bonds is 1. The van der Waals surface area contributed by atoms with E-state index >= 15 is 0 Å². The summed E-state index contributed by atoms with van der Waals surface area (Å²) in [5.41, 5.74) is 0.824. The highest BCUT2D eigenvalue weighted by Crippen LogP contribution is 2.32. The molecule has 0 amide bonds. The molecule has 0 bridgehead atoms. The molecule has 1 aliphatic carbocycles. The summed E-state index contributed by atoms with van der Waals surface area (Å²) in [6.07, 6.45) is 7.40. The molecule has 0 radical (unpaired) electrons. The van der Waals surface area contributed by atoms with Gasteiger partial charge in [-0.25, -0.2) is 4.79 Å². The predicted octanol–water partition coefficient (Wildman–Crippen LogP) is 2.03. The molecule has 2 rings (SSSR count). The first-order chi connectivity index (χ1) is 6.27. The van der Waals surface area contributed by atoms with Gasteiger partial charge in [-0.2, -0.15) is 0 Å². The second-order valence-electron chi connectivity index (χ2n) is 3.68. The van der Waals surface area contributed by atoms with Crippen LogP contribution in [0.5, 0.6) is 0 Å². The van der Waals surface area contributed by atoms with Crippen LogP contribution < -0.4 is 0 Å². The summed E-state index contributed by atoms with van der Waals surface area (Å²) in [5.74, 6) is 0.107. The first-order valence-electron chi connectivity index (χ1n) is 4.79. The molecule has 70 valence electrons. The normalized spacial score (nSPS) is 24.5. The van der Waals surface area contributed by atoms with Crippen molar-refractivity contribution in [3.8, 4) is 0 Å². The molecule has 3 heteroatoms. The van der Waals surface area contributed by atoms with Gasteiger partial charge in [-0.05, 0) is 18.8 Å². The number of carbonyl (C=O) groups is 1. The van der Waals surface area contributed by atoms with Crippen molar-refractivity contribution in [1.82, 2.24) is 0 Å². The average Bonchev–Trinajstić information content (AvgIpc) is 2.47. The molecule has 1 N–H and O–H groups in total. The summed E-state index contributed by atoms with van der Waals surface area (Å²) in [7, 11) is 0. The number of hydrogen-bond acceptors (Lipinski definition) is 3. The van der Waals surface area contributed by atoms with Crippen LogP contribution >= 0.6 is 0 Å². The molecule has 1 heterocycles. The van der Waals surface area contributed by atoms with E-state index in [1.807, 2.05) is 0 Å². The zero-order valence-corrected chi connectivity index (χ0v) is 7.51. The highest BCUT2D eigenvalue weighted by atomic mass is 16.5. The van der Waals surface area contributed by atoms with Gasteiger partial charge in [0.2, 0.25) is 5.90 Å². The molecule has 2 aliphatic rings. The van der Waals surface area contributed by atoms with Gasteiger partial charge in [-0.1, -0.05) is 19.3 Å². The van der Waals surface area contributed by atoms with E-state index in [-0.39, 0.29) is 11.9 Å². The monoisotopic (exact) mass is 179 g/mol. The molecule has 0 aromatic heterocycles. The Morgan fingerprint density at radius 1 is 1.31 bits per heavy atom. The summed E-state index contributed by atoms with van der Waals surface area (Å²) in [4.78, 5) is 10.9. The summed E-state index contributed by atoms with van der Waals surface area (Å²) in [6.45, 7) is 0. The van der Waals surface area contributed by atoms with Crippen LogP contribution in [-0.2, 0) is 9.53 Å². The highest BCUT2D eigenvalue weighted by Gasteiger charge is 2.28. The number of hydrogen-bond donors (Lipinski definition) is 1. The van der Waals surface area contributed by atoms with Crippen LogP contribution in [0.2, 0.25) is 0 Å². The zero-order chi connectivity index (χ0) is 9.26. The van der Waals surface area contributed by atoms with Crippen molar-refractivity contribution in [2.24, 2.45) is 5.92 Å². The highest BCUT2D eigenvalue weighted by molar-refractivity contribution is 6.10. The van der Waals surface area contributed by atoms with E-state index in [0.717, 1.165) is 18.4 Å². The third kappa shape index (κ3) is 1.64. The Bertz CT molecular complexity index is 275. The van der Waals surface area contributed by atoms with E-state index in [1.165, 1.54) is 25.3 Å². The van der Waals surface area contributed by atoms with Crippen molar-refractivity contribution in [3.05, 3.63) is 11.6 Å². The van der Waals surface area contributed by atoms with E-state index in [4.69, 9.17) is 5.41 Å². The first kappa shape index (κ1) is 8.48. The Kier molecular flexibility index (Phi) is 2.17. The molecule has 0 unspecified atom stereocenters.